The van der Waals surface area contributed by atoms with Crippen molar-refractivity contribution in [3.8, 4) is 11.3 Å². The third-order valence-corrected chi connectivity index (χ3v) is 3.92. The molecule has 0 saturated carbocycles. The number of H-pyrrole nitrogens is 1. The van der Waals surface area contributed by atoms with Gasteiger partial charge in [0.05, 0.1) is 12.7 Å². The number of aryl methyl sites for hydroxylation is 2. The second kappa shape index (κ2) is 3.35. The molecule has 0 bridgehead atoms. The molecular weight excluding hydrogens is 238 g/mol. The number of hydrogen-bond donors (Lipinski definition) is 1. The summed E-state index contributed by atoms with van der Waals surface area (Å²) < 4.78 is 3.86. The van der Waals surface area contributed by atoms with E-state index < -0.39 is 0 Å². The molecule has 1 N–H and O–H groups in total. The average molecular weight is 252 g/mol. The maximum atomic E-state index is 12.2. The lowest BCUT2D eigenvalue weighted by Gasteiger charge is -2.01. The van der Waals surface area contributed by atoms with Gasteiger partial charge >= 0.3 is 11.2 Å². The van der Waals surface area contributed by atoms with Gasteiger partial charge in [0, 0.05) is 12.0 Å². The number of hydrogen-bond acceptors (Lipinski definition) is 1. The molecule has 4 nitrogen and oxygen atoms in total. The second-order valence-electron chi connectivity index (χ2n) is 5.22. The molecule has 0 atom stereocenters. The van der Waals surface area contributed by atoms with E-state index in [9.17, 15) is 4.79 Å². The first-order chi connectivity index (χ1) is 9.15. The Morgan fingerprint density at radius 3 is 3.05 bits per heavy atom. The van der Waals surface area contributed by atoms with E-state index in [1.807, 2.05) is 28.4 Å². The van der Waals surface area contributed by atoms with Crippen molar-refractivity contribution in [2.24, 2.45) is 7.05 Å². The Bertz CT molecular complexity index is 886. The number of benzene rings is 1. The summed E-state index contributed by atoms with van der Waals surface area (Å²) in [5.41, 5.74) is 6.42. The zero-order valence-corrected chi connectivity index (χ0v) is 10.9. The third-order valence-electron chi connectivity index (χ3n) is 3.92. The van der Waals surface area contributed by atoms with Crippen LogP contribution in [-0.2, 0) is 13.5 Å². The highest BCUT2D eigenvalue weighted by molar-refractivity contribution is 5.72. The van der Waals surface area contributed by atoms with Crippen molar-refractivity contribution in [2.45, 2.75) is 13.3 Å². The molecule has 0 radical (unpaired) electrons. The molecule has 0 spiro atoms. The monoisotopic (exact) mass is 252 g/mol. The average Bonchev–Trinajstić information content (AvgIpc) is 2.92. The van der Waals surface area contributed by atoms with Crippen molar-refractivity contribution in [3.05, 3.63) is 57.8 Å². The molecule has 4 rings (SSSR count). The van der Waals surface area contributed by atoms with Crippen LogP contribution in [0.5, 0.6) is 0 Å². The SMILES string of the molecule is Cc1ccc2c(c1)-c1[nH]c(=O)c3n(C)cc[n+]3c1C2. The van der Waals surface area contributed by atoms with Crippen LogP contribution >= 0.6 is 0 Å². The van der Waals surface area contributed by atoms with Crippen molar-refractivity contribution < 1.29 is 4.40 Å². The van der Waals surface area contributed by atoms with Crippen LogP contribution < -0.4 is 9.96 Å². The molecule has 4 heteroatoms. The Morgan fingerprint density at radius 2 is 2.21 bits per heavy atom. The lowest BCUT2D eigenvalue weighted by Crippen LogP contribution is -2.33. The van der Waals surface area contributed by atoms with Crippen LogP contribution in [0.2, 0.25) is 0 Å². The minimum atomic E-state index is -0.0411. The predicted octanol–water partition coefficient (Wildman–Crippen LogP) is 1.33. The molecule has 19 heavy (non-hydrogen) atoms. The van der Waals surface area contributed by atoms with E-state index >= 15 is 0 Å². The Labute approximate surface area is 110 Å². The van der Waals surface area contributed by atoms with E-state index in [-0.39, 0.29) is 5.56 Å². The maximum Gasteiger partial charge on any atom is 0.353 e. The van der Waals surface area contributed by atoms with Crippen molar-refractivity contribution in [1.82, 2.24) is 9.55 Å². The summed E-state index contributed by atoms with van der Waals surface area (Å²) >= 11 is 0. The minimum Gasteiger partial charge on any atom is -0.312 e. The van der Waals surface area contributed by atoms with Crippen LogP contribution in [0.1, 0.15) is 16.8 Å². The van der Waals surface area contributed by atoms with Crippen molar-refractivity contribution in [1.29, 1.82) is 0 Å². The molecule has 1 aliphatic rings. The van der Waals surface area contributed by atoms with Gasteiger partial charge in [-0.25, -0.2) is 4.57 Å². The number of aromatic amines is 1. The standard InChI is InChI=1S/C15H13N3O/c1-9-3-4-10-8-12-13(11(10)7-9)16-14(19)15-17(2)5-6-18(12)15/h3-7H,8H2,1-2H3/p+1. The zero-order valence-electron chi connectivity index (χ0n) is 10.9. The Balaban J connectivity index is 2.15. The number of nitrogens with zero attached hydrogens (tertiary/aromatic N) is 2. The van der Waals surface area contributed by atoms with E-state index in [4.69, 9.17) is 0 Å². The smallest absolute Gasteiger partial charge is 0.312 e. The van der Waals surface area contributed by atoms with Crippen molar-refractivity contribution >= 4 is 5.65 Å². The van der Waals surface area contributed by atoms with Gasteiger partial charge in [-0.3, -0.25) is 4.79 Å². The lowest BCUT2D eigenvalue weighted by molar-refractivity contribution is -0.520. The van der Waals surface area contributed by atoms with Gasteiger partial charge in [0.25, 0.3) is 0 Å². The zero-order chi connectivity index (χ0) is 13.1. The highest BCUT2D eigenvalue weighted by atomic mass is 16.1. The summed E-state index contributed by atoms with van der Waals surface area (Å²) in [5.74, 6) is 0. The van der Waals surface area contributed by atoms with Gasteiger partial charge in [0.2, 0.25) is 0 Å². The molecule has 0 saturated heterocycles. The van der Waals surface area contributed by atoms with Crippen LogP contribution in [0, 0.1) is 6.92 Å². The fourth-order valence-electron chi connectivity index (χ4n) is 2.98. The quantitative estimate of drug-likeness (QED) is 0.471. The van der Waals surface area contributed by atoms with Crippen LogP contribution in [0.4, 0.5) is 0 Å². The molecule has 2 heterocycles. The van der Waals surface area contributed by atoms with E-state index in [0.717, 1.165) is 23.4 Å². The van der Waals surface area contributed by atoms with Crippen molar-refractivity contribution in [2.75, 3.05) is 0 Å². The Kier molecular flexibility index (Phi) is 1.86. The first kappa shape index (κ1) is 10.6. The first-order valence-corrected chi connectivity index (χ1v) is 6.37. The molecule has 0 fully saturated rings. The Hall–Kier alpha value is -2.36. The summed E-state index contributed by atoms with van der Waals surface area (Å²) in [5, 5.41) is 0. The molecule has 1 aliphatic carbocycles. The molecular formula is C15H14N3O+. The third kappa shape index (κ3) is 1.28. The molecule has 3 aromatic rings. The molecule has 2 aromatic heterocycles. The van der Waals surface area contributed by atoms with E-state index in [2.05, 4.69) is 30.1 Å². The first-order valence-electron chi connectivity index (χ1n) is 6.37. The number of imidazole rings is 1. The van der Waals surface area contributed by atoms with Gasteiger partial charge in [0.1, 0.15) is 18.1 Å². The van der Waals surface area contributed by atoms with E-state index in [1.165, 1.54) is 11.1 Å². The number of aromatic nitrogens is 3. The number of rotatable bonds is 0. The summed E-state index contributed by atoms with van der Waals surface area (Å²) in [4.78, 5) is 15.3. The van der Waals surface area contributed by atoms with Gasteiger partial charge in [-0.1, -0.05) is 17.7 Å². The summed E-state index contributed by atoms with van der Waals surface area (Å²) in [7, 11) is 1.89. The normalized spacial score (nSPS) is 12.7. The molecule has 94 valence electrons. The molecule has 1 aromatic carbocycles. The lowest BCUT2D eigenvalue weighted by atomic mass is 10.1. The summed E-state index contributed by atoms with van der Waals surface area (Å²) in [6.07, 6.45) is 4.74. The second-order valence-corrected chi connectivity index (χ2v) is 5.22. The van der Waals surface area contributed by atoms with Crippen LogP contribution in [0.25, 0.3) is 16.9 Å². The van der Waals surface area contributed by atoms with Crippen LogP contribution in [-0.4, -0.2) is 9.55 Å². The fraction of sp³-hybridized carbons (Fsp3) is 0.200. The highest BCUT2D eigenvalue weighted by Gasteiger charge is 2.27. The van der Waals surface area contributed by atoms with Crippen LogP contribution in [0.15, 0.2) is 35.4 Å². The Morgan fingerprint density at radius 1 is 1.37 bits per heavy atom. The molecule has 0 unspecified atom stereocenters. The van der Waals surface area contributed by atoms with Gasteiger partial charge in [-0.05, 0) is 18.6 Å². The van der Waals surface area contributed by atoms with Gasteiger partial charge in [-0.15, -0.1) is 0 Å². The predicted molar refractivity (Wildman–Crippen MR) is 72.2 cm³/mol. The fourth-order valence-corrected chi connectivity index (χ4v) is 2.98. The van der Waals surface area contributed by atoms with Gasteiger partial charge < -0.3 is 4.98 Å². The largest absolute Gasteiger partial charge is 0.353 e. The van der Waals surface area contributed by atoms with Crippen LogP contribution in [0.3, 0.4) is 0 Å². The highest BCUT2D eigenvalue weighted by Crippen LogP contribution is 2.33. The van der Waals surface area contributed by atoms with Crippen molar-refractivity contribution in [3.63, 3.8) is 0 Å². The maximum absolute atomic E-state index is 12.2. The summed E-state index contributed by atoms with van der Waals surface area (Å²) in [6.45, 7) is 2.07. The molecule has 0 amide bonds. The molecule has 0 aliphatic heterocycles. The topological polar surface area (TPSA) is 41.9 Å². The number of nitrogens with one attached hydrogen (secondary N) is 1. The van der Waals surface area contributed by atoms with E-state index in [0.29, 0.717) is 5.65 Å². The van der Waals surface area contributed by atoms with Gasteiger partial charge in [-0.2, -0.15) is 4.40 Å². The minimum absolute atomic E-state index is 0.0411. The summed E-state index contributed by atoms with van der Waals surface area (Å²) in [6, 6.07) is 6.42. The van der Waals surface area contributed by atoms with Gasteiger partial charge in [0.15, 0.2) is 0 Å². The van der Waals surface area contributed by atoms with E-state index in [1.54, 1.807) is 0 Å². The number of fused-ring (bicyclic) bond motifs is 5.